The fraction of sp³-hybridized carbons (Fsp3) is 0.273. The SMILES string of the molecule is Cc1c(S(=O)c2cc(Cl)c3[nH]ncc3c2)cc([C-]=O)n1C.Fc1cnc(N2CCCC2)nc1.[Na+]. The minimum atomic E-state index is -1.43. The van der Waals surface area contributed by atoms with Crippen LogP contribution in [0.4, 0.5) is 10.3 Å². The van der Waals surface area contributed by atoms with E-state index in [1.807, 2.05) is 13.2 Å². The summed E-state index contributed by atoms with van der Waals surface area (Å²) in [6, 6.07) is 5.01. The van der Waals surface area contributed by atoms with Crippen LogP contribution in [0, 0.1) is 12.7 Å². The summed E-state index contributed by atoms with van der Waals surface area (Å²) in [4.78, 5) is 21.9. The number of rotatable bonds is 4. The van der Waals surface area contributed by atoms with Gasteiger partial charge in [-0.2, -0.15) is 11.2 Å². The summed E-state index contributed by atoms with van der Waals surface area (Å²) in [6.07, 6.45) is 8.25. The predicted octanol–water partition coefficient (Wildman–Crippen LogP) is 0.708. The van der Waals surface area contributed by atoms with Gasteiger partial charge in [-0.1, -0.05) is 17.3 Å². The minimum absolute atomic E-state index is 0. The quantitative estimate of drug-likeness (QED) is 0.321. The summed E-state index contributed by atoms with van der Waals surface area (Å²) < 4.78 is 26.8. The zero-order valence-electron chi connectivity index (χ0n) is 19.0. The average molecular weight is 511 g/mol. The van der Waals surface area contributed by atoms with Crippen LogP contribution in [0.1, 0.15) is 24.2 Å². The molecule has 1 aliphatic heterocycles. The number of anilines is 1. The second kappa shape index (κ2) is 11.5. The number of carbonyl (C=O) groups excluding carboxylic acids is 1. The Hall–Kier alpha value is -2.11. The van der Waals surface area contributed by atoms with Crippen molar-refractivity contribution in [2.75, 3.05) is 18.0 Å². The van der Waals surface area contributed by atoms with Gasteiger partial charge in [0.25, 0.3) is 0 Å². The third kappa shape index (κ3) is 5.58. The first-order valence-corrected chi connectivity index (χ1v) is 11.7. The van der Waals surface area contributed by atoms with E-state index in [0.717, 1.165) is 24.2 Å². The number of nitrogens with zero attached hydrogens (tertiary/aromatic N) is 5. The molecule has 8 nitrogen and oxygen atoms in total. The third-order valence-electron chi connectivity index (χ3n) is 5.48. The van der Waals surface area contributed by atoms with Crippen LogP contribution < -0.4 is 34.5 Å². The number of aromatic amines is 1. The van der Waals surface area contributed by atoms with Crippen molar-refractivity contribution in [2.24, 2.45) is 7.05 Å². The molecule has 4 aromatic rings. The molecule has 0 spiro atoms. The van der Waals surface area contributed by atoms with Crippen LogP contribution in [0.2, 0.25) is 5.02 Å². The van der Waals surface area contributed by atoms with E-state index in [4.69, 9.17) is 11.6 Å². The summed E-state index contributed by atoms with van der Waals surface area (Å²) in [5, 5.41) is 7.97. The maximum Gasteiger partial charge on any atom is 1.00 e. The molecule has 1 N–H and O–H groups in total. The van der Waals surface area contributed by atoms with E-state index >= 15 is 0 Å². The molecule has 4 heterocycles. The topological polar surface area (TPSA) is 96.8 Å². The monoisotopic (exact) mass is 510 g/mol. The largest absolute Gasteiger partial charge is 1.00 e. The molecule has 0 aliphatic carbocycles. The summed E-state index contributed by atoms with van der Waals surface area (Å²) in [5.41, 5.74) is 1.84. The summed E-state index contributed by atoms with van der Waals surface area (Å²) in [7, 11) is 0.313. The van der Waals surface area contributed by atoms with Gasteiger partial charge in [0.2, 0.25) is 5.95 Å². The van der Waals surface area contributed by atoms with Gasteiger partial charge in [-0.05, 0) is 36.8 Å². The van der Waals surface area contributed by atoms with E-state index < -0.39 is 10.8 Å². The maximum atomic E-state index is 12.7. The van der Waals surface area contributed by atoms with E-state index in [9.17, 15) is 13.4 Å². The Bertz CT molecular complexity index is 1320. The molecule has 1 saturated heterocycles. The van der Waals surface area contributed by atoms with Gasteiger partial charge in [0.1, 0.15) is 0 Å². The Morgan fingerprint density at radius 3 is 2.44 bits per heavy atom. The number of halogens is 2. The van der Waals surface area contributed by atoms with Crippen LogP contribution >= 0.6 is 11.6 Å². The van der Waals surface area contributed by atoms with Crippen LogP contribution in [0.25, 0.3) is 10.9 Å². The van der Waals surface area contributed by atoms with Gasteiger partial charge in [-0.3, -0.25) is 9.31 Å². The Labute approximate surface area is 225 Å². The molecule has 1 atom stereocenters. The van der Waals surface area contributed by atoms with Crippen LogP contribution in [-0.2, 0) is 22.6 Å². The molecule has 1 aromatic carbocycles. The number of hydrogen-bond donors (Lipinski definition) is 1. The maximum absolute atomic E-state index is 12.7. The first kappa shape index (κ1) is 26.5. The first-order chi connectivity index (χ1) is 15.9. The van der Waals surface area contributed by atoms with Crippen molar-refractivity contribution in [1.29, 1.82) is 0 Å². The Kier molecular flexibility index (Phi) is 9.00. The molecule has 172 valence electrons. The normalized spacial score (nSPS) is 13.8. The average Bonchev–Trinajstić information content (AvgIpc) is 3.56. The second-order valence-corrected chi connectivity index (χ2v) is 9.40. The summed E-state index contributed by atoms with van der Waals surface area (Å²) in [6.45, 7) is 3.79. The molecular formula is C22H21ClFN6NaO2S. The molecule has 1 fully saturated rings. The Morgan fingerprint density at radius 1 is 1.15 bits per heavy atom. The number of nitrogens with one attached hydrogen (secondary N) is 1. The minimum Gasteiger partial charge on any atom is -0.417 e. The molecule has 0 radical (unpaired) electrons. The van der Waals surface area contributed by atoms with Crippen LogP contribution in [0.3, 0.4) is 0 Å². The van der Waals surface area contributed by atoms with Crippen molar-refractivity contribution in [3.8, 4) is 0 Å². The molecule has 3 aromatic heterocycles. The van der Waals surface area contributed by atoms with Gasteiger partial charge in [0.15, 0.2) is 5.82 Å². The van der Waals surface area contributed by atoms with E-state index in [1.165, 1.54) is 25.2 Å². The number of H-pyrrole nitrogens is 1. The molecule has 1 unspecified atom stereocenters. The van der Waals surface area contributed by atoms with E-state index in [1.54, 1.807) is 36.0 Å². The molecule has 1 aliphatic rings. The van der Waals surface area contributed by atoms with Gasteiger partial charge in [-0.25, -0.2) is 14.4 Å². The van der Waals surface area contributed by atoms with Crippen molar-refractivity contribution in [3.63, 3.8) is 0 Å². The van der Waals surface area contributed by atoms with Crippen molar-refractivity contribution < 1.29 is 43.0 Å². The van der Waals surface area contributed by atoms with Crippen LogP contribution in [-0.4, -0.2) is 48.3 Å². The molecule has 0 saturated carbocycles. The van der Waals surface area contributed by atoms with Gasteiger partial charge in [-0.15, -0.1) is 0 Å². The fourth-order valence-corrected chi connectivity index (χ4v) is 5.24. The smallest absolute Gasteiger partial charge is 0.417 e. The van der Waals surface area contributed by atoms with Crippen LogP contribution in [0.15, 0.2) is 46.6 Å². The summed E-state index contributed by atoms with van der Waals surface area (Å²) in [5.74, 6) is 0.270. The van der Waals surface area contributed by atoms with Gasteiger partial charge in [0, 0.05) is 42.4 Å². The molecule has 0 amide bonds. The molecular weight excluding hydrogens is 490 g/mol. The zero-order valence-corrected chi connectivity index (χ0v) is 22.6. The molecule has 12 heteroatoms. The standard InChI is InChI=1S/C14H11ClN3O2S.C8H10FN3.Na/c1-8-13(4-10(7-19)18(8)2)21(20)11-3-9-6-16-17-14(9)12(15)5-11;9-7-5-10-8(11-6-7)12-3-1-2-4-12;/h3-6H,1-2H3,(H,16,17);5-6H,1-4H2;/q-1;;+1. The Balaban J connectivity index is 0.000000212. The zero-order chi connectivity index (χ0) is 23.5. The van der Waals surface area contributed by atoms with Crippen molar-refractivity contribution in [1.82, 2.24) is 24.7 Å². The van der Waals surface area contributed by atoms with Gasteiger partial charge < -0.3 is 14.3 Å². The number of aromatic nitrogens is 5. The van der Waals surface area contributed by atoms with E-state index in [-0.39, 0.29) is 35.4 Å². The Morgan fingerprint density at radius 2 is 1.82 bits per heavy atom. The predicted molar refractivity (Wildman–Crippen MR) is 124 cm³/mol. The third-order valence-corrected chi connectivity index (χ3v) is 7.25. The first-order valence-electron chi connectivity index (χ1n) is 10.2. The van der Waals surface area contributed by atoms with Crippen molar-refractivity contribution in [3.05, 3.63) is 59.0 Å². The molecule has 5 rings (SSSR count). The number of fused-ring (bicyclic) bond motifs is 1. The number of benzene rings is 1. The fourth-order valence-electron chi connectivity index (χ4n) is 3.57. The number of hydrogen-bond acceptors (Lipinski definition) is 6. The molecule has 0 bridgehead atoms. The molecule has 34 heavy (non-hydrogen) atoms. The van der Waals surface area contributed by atoms with E-state index in [0.29, 0.717) is 32.0 Å². The van der Waals surface area contributed by atoms with Crippen LogP contribution in [0.5, 0.6) is 0 Å². The van der Waals surface area contributed by atoms with Gasteiger partial charge in [0.05, 0.1) is 39.9 Å². The van der Waals surface area contributed by atoms with Gasteiger partial charge >= 0.3 is 29.6 Å². The van der Waals surface area contributed by atoms with Crippen molar-refractivity contribution in [2.45, 2.75) is 29.6 Å². The van der Waals surface area contributed by atoms with E-state index in [2.05, 4.69) is 25.1 Å². The second-order valence-electron chi connectivity index (χ2n) is 7.54. The van der Waals surface area contributed by atoms with Crippen molar-refractivity contribution >= 4 is 45.5 Å². The summed E-state index contributed by atoms with van der Waals surface area (Å²) >= 11 is 6.17.